The second-order valence-electron chi connectivity index (χ2n) is 7.14. The molecule has 0 saturated heterocycles. The number of fused-ring (bicyclic) bond motifs is 1. The summed E-state index contributed by atoms with van der Waals surface area (Å²) in [5.74, 6) is -1.08. The molecule has 2 N–H and O–H groups in total. The summed E-state index contributed by atoms with van der Waals surface area (Å²) in [6.45, 7) is 2.17. The average Bonchev–Trinajstić information content (AvgIpc) is 3.09. The summed E-state index contributed by atoms with van der Waals surface area (Å²) in [5.41, 5.74) is 2.87. The smallest absolute Gasteiger partial charge is 0.268 e. The number of aryl methyl sites for hydroxylation is 1. The van der Waals surface area contributed by atoms with E-state index in [4.69, 9.17) is 0 Å². The van der Waals surface area contributed by atoms with Crippen molar-refractivity contribution in [2.45, 2.75) is 18.4 Å². The zero-order valence-electron chi connectivity index (χ0n) is 16.9. The van der Waals surface area contributed by atoms with E-state index in [9.17, 15) is 17.2 Å². The largest absolute Gasteiger partial charge is 0.352 e. The molecule has 0 bridgehead atoms. The Bertz CT molecular complexity index is 1380. The number of hydrogen-bond acceptors (Lipinski definition) is 5. The highest BCUT2D eigenvalue weighted by Gasteiger charge is 2.23. The Morgan fingerprint density at radius 2 is 1.90 bits per heavy atom. The van der Waals surface area contributed by atoms with Crippen LogP contribution in [-0.4, -0.2) is 24.4 Å². The molecule has 9 heteroatoms. The first-order chi connectivity index (χ1) is 14.8. The highest BCUT2D eigenvalue weighted by atomic mass is 32.2. The van der Waals surface area contributed by atoms with E-state index in [1.807, 2.05) is 0 Å². The topological polar surface area (TPSA) is 76.0 Å². The van der Waals surface area contributed by atoms with Crippen LogP contribution in [-0.2, 0) is 16.6 Å². The monoisotopic (exact) mass is 442 g/mol. The minimum Gasteiger partial charge on any atom is -0.352 e. The molecular formula is C22H20F2N4O2S. The van der Waals surface area contributed by atoms with E-state index < -0.39 is 21.7 Å². The summed E-state index contributed by atoms with van der Waals surface area (Å²) >= 11 is 0. The van der Waals surface area contributed by atoms with Crippen molar-refractivity contribution in [3.63, 3.8) is 0 Å². The summed E-state index contributed by atoms with van der Waals surface area (Å²) in [7, 11) is -2.35. The normalized spacial score (nSPS) is 11.7. The van der Waals surface area contributed by atoms with Gasteiger partial charge in [-0.3, -0.25) is 4.98 Å². The van der Waals surface area contributed by atoms with E-state index in [1.54, 1.807) is 32.2 Å². The van der Waals surface area contributed by atoms with Crippen LogP contribution >= 0.6 is 0 Å². The molecule has 0 aliphatic heterocycles. The fourth-order valence-electron chi connectivity index (χ4n) is 3.35. The predicted molar refractivity (Wildman–Crippen MR) is 116 cm³/mol. The summed E-state index contributed by atoms with van der Waals surface area (Å²) in [6, 6.07) is 11.2. The molecular weight excluding hydrogens is 422 g/mol. The lowest BCUT2D eigenvalue weighted by Gasteiger charge is -2.10. The Morgan fingerprint density at radius 3 is 2.61 bits per heavy atom. The zero-order chi connectivity index (χ0) is 22.2. The number of pyridine rings is 1. The van der Waals surface area contributed by atoms with Gasteiger partial charge in [0.2, 0.25) is 0 Å². The van der Waals surface area contributed by atoms with Crippen molar-refractivity contribution in [3.05, 3.63) is 83.7 Å². The second-order valence-corrected chi connectivity index (χ2v) is 8.96. The molecule has 0 spiro atoms. The van der Waals surface area contributed by atoms with E-state index in [0.29, 0.717) is 28.8 Å². The first-order valence-corrected chi connectivity index (χ1v) is 10.9. The van der Waals surface area contributed by atoms with Crippen molar-refractivity contribution in [2.75, 3.05) is 12.4 Å². The lowest BCUT2D eigenvalue weighted by Crippen LogP contribution is -2.12. The maximum atomic E-state index is 14.3. The van der Waals surface area contributed by atoms with Crippen LogP contribution in [0.3, 0.4) is 0 Å². The summed E-state index contributed by atoms with van der Waals surface area (Å²) in [6.07, 6.45) is 2.98. The number of benzene rings is 2. The third-order valence-electron chi connectivity index (χ3n) is 4.81. The Hall–Kier alpha value is -3.30. The first-order valence-electron chi connectivity index (χ1n) is 9.48. The number of nitrogens with zero attached hydrogens (tertiary/aromatic N) is 2. The van der Waals surface area contributed by atoms with E-state index >= 15 is 0 Å². The zero-order valence-corrected chi connectivity index (χ0v) is 17.7. The number of halogens is 2. The number of nitrogens with one attached hydrogen (secondary N) is 2. The summed E-state index contributed by atoms with van der Waals surface area (Å²) in [4.78, 5) is 4.23. The molecule has 4 aromatic rings. The Balaban J connectivity index is 1.85. The molecule has 2 heterocycles. The molecule has 2 aromatic heterocycles. The minimum absolute atomic E-state index is 0.177. The maximum Gasteiger partial charge on any atom is 0.268 e. The number of hydrogen-bond donors (Lipinski definition) is 2. The van der Waals surface area contributed by atoms with E-state index in [-0.39, 0.29) is 10.6 Å². The van der Waals surface area contributed by atoms with Gasteiger partial charge in [-0.2, -0.15) is 0 Å². The van der Waals surface area contributed by atoms with Gasteiger partial charge in [0.25, 0.3) is 10.0 Å². The number of rotatable bonds is 6. The van der Waals surface area contributed by atoms with Gasteiger partial charge in [-0.15, -0.1) is 0 Å². The van der Waals surface area contributed by atoms with Gasteiger partial charge in [0.1, 0.15) is 11.6 Å². The molecule has 0 aliphatic carbocycles. The van der Waals surface area contributed by atoms with Crippen molar-refractivity contribution in [1.29, 1.82) is 0 Å². The van der Waals surface area contributed by atoms with Gasteiger partial charge in [0, 0.05) is 18.3 Å². The molecule has 6 nitrogen and oxygen atoms in total. The second kappa shape index (κ2) is 8.09. The molecule has 0 radical (unpaired) electrons. The Kier molecular flexibility index (Phi) is 5.47. The van der Waals surface area contributed by atoms with Crippen LogP contribution in [0.4, 0.5) is 20.2 Å². The number of anilines is 2. The van der Waals surface area contributed by atoms with Crippen LogP contribution in [0.5, 0.6) is 0 Å². The average molecular weight is 442 g/mol. The fraction of sp³-hybridized carbons (Fsp3) is 0.136. The van der Waals surface area contributed by atoms with E-state index in [2.05, 4.69) is 15.6 Å². The van der Waals surface area contributed by atoms with E-state index in [1.165, 1.54) is 36.7 Å². The predicted octanol–water partition coefficient (Wildman–Crippen LogP) is 4.32. The van der Waals surface area contributed by atoms with Gasteiger partial charge >= 0.3 is 0 Å². The van der Waals surface area contributed by atoms with Crippen LogP contribution in [0.25, 0.3) is 11.0 Å². The lowest BCUT2D eigenvalue weighted by molar-refractivity contribution is 0.584. The number of aromatic nitrogens is 2. The van der Waals surface area contributed by atoms with Crippen molar-refractivity contribution in [2.24, 2.45) is 0 Å². The maximum absolute atomic E-state index is 14.3. The molecule has 0 amide bonds. The molecule has 0 aliphatic rings. The van der Waals surface area contributed by atoms with Crippen LogP contribution in [0.2, 0.25) is 0 Å². The van der Waals surface area contributed by atoms with Crippen LogP contribution in [0.15, 0.2) is 65.8 Å². The first kappa shape index (κ1) is 21.0. The van der Waals surface area contributed by atoms with Gasteiger partial charge in [0.15, 0.2) is 0 Å². The Labute approximate surface area is 178 Å². The fourth-order valence-corrected chi connectivity index (χ4v) is 4.75. The van der Waals surface area contributed by atoms with Gasteiger partial charge in [0.05, 0.1) is 33.5 Å². The summed E-state index contributed by atoms with van der Waals surface area (Å²) < 4.78 is 55.5. The lowest BCUT2D eigenvalue weighted by atomic mass is 10.2. The van der Waals surface area contributed by atoms with Crippen molar-refractivity contribution < 1.29 is 17.2 Å². The SMILES string of the molecule is CNCc1cn(S(=O)(=O)c2cccc(F)c2)c2cc(Nc3ccc(C)cc3F)cnc12. The molecule has 160 valence electrons. The third kappa shape index (κ3) is 4.01. The molecule has 0 unspecified atom stereocenters. The van der Waals surface area contributed by atoms with Gasteiger partial charge in [-0.25, -0.2) is 21.2 Å². The molecule has 0 atom stereocenters. The molecule has 2 aromatic carbocycles. The molecule has 0 saturated carbocycles. The van der Waals surface area contributed by atoms with Crippen molar-refractivity contribution in [3.8, 4) is 0 Å². The standard InChI is InChI=1S/C22H20F2N4O2S/c1-14-6-7-20(19(24)8-14)27-17-10-21-22(26-12-17)15(11-25-2)13-28(21)31(29,30)18-5-3-4-16(23)9-18/h3-10,12-13,25,27H,11H2,1-2H3. The third-order valence-corrected chi connectivity index (χ3v) is 6.48. The highest BCUT2D eigenvalue weighted by Crippen LogP contribution is 2.29. The molecule has 4 rings (SSSR count). The molecule has 0 fully saturated rings. The van der Waals surface area contributed by atoms with Gasteiger partial charge in [-0.05, 0) is 55.9 Å². The quantitative estimate of drug-likeness (QED) is 0.465. The van der Waals surface area contributed by atoms with Crippen LogP contribution < -0.4 is 10.6 Å². The highest BCUT2D eigenvalue weighted by molar-refractivity contribution is 7.90. The van der Waals surface area contributed by atoms with Gasteiger partial charge in [-0.1, -0.05) is 12.1 Å². The Morgan fingerprint density at radius 1 is 1.10 bits per heavy atom. The van der Waals surface area contributed by atoms with Crippen LogP contribution in [0, 0.1) is 18.6 Å². The van der Waals surface area contributed by atoms with E-state index in [0.717, 1.165) is 15.6 Å². The van der Waals surface area contributed by atoms with Crippen molar-refractivity contribution >= 4 is 32.4 Å². The van der Waals surface area contributed by atoms with Gasteiger partial charge < -0.3 is 10.6 Å². The molecule has 31 heavy (non-hydrogen) atoms. The summed E-state index contributed by atoms with van der Waals surface area (Å²) in [5, 5.41) is 5.92. The minimum atomic E-state index is -4.08. The van der Waals surface area contributed by atoms with Crippen molar-refractivity contribution in [1.82, 2.24) is 14.3 Å². The van der Waals surface area contributed by atoms with Crippen LogP contribution in [0.1, 0.15) is 11.1 Å².